The van der Waals surface area contributed by atoms with E-state index < -0.39 is 0 Å². The highest BCUT2D eigenvalue weighted by Crippen LogP contribution is 2.26. The Bertz CT molecular complexity index is 850. The quantitative estimate of drug-likeness (QED) is 0.465. The molecule has 1 amide bonds. The second kappa shape index (κ2) is 10.1. The predicted molar refractivity (Wildman–Crippen MR) is 114 cm³/mol. The molecule has 0 heterocycles. The van der Waals surface area contributed by atoms with Crippen LogP contribution in [0.25, 0.3) is 0 Å². The molecule has 2 aromatic rings. The Kier molecular flexibility index (Phi) is 7.87. The van der Waals surface area contributed by atoms with Gasteiger partial charge in [0.1, 0.15) is 17.2 Å². The summed E-state index contributed by atoms with van der Waals surface area (Å²) in [7, 11) is 1.51. The van der Waals surface area contributed by atoms with Crippen molar-refractivity contribution in [3.8, 4) is 17.2 Å². The summed E-state index contributed by atoms with van der Waals surface area (Å²) in [5.41, 5.74) is 3.63. The molecule has 0 atom stereocenters. The van der Waals surface area contributed by atoms with Crippen molar-refractivity contribution in [2.45, 2.75) is 39.9 Å². The van der Waals surface area contributed by atoms with Gasteiger partial charge < -0.3 is 14.2 Å². The molecular weight excluding hydrogens is 424 g/mol. The summed E-state index contributed by atoms with van der Waals surface area (Å²) < 4.78 is 17.6. The standard InChI is InChI=1S/C21H25BrN2O4/c1-13(2)27-17-8-6-15(20(11-17)28-14(3)4)12-23-24-21(25)18-10-16(22)7-9-19(18)26-5/h6-14H,1-5H3,(H,24,25)/b23-12-. The smallest absolute Gasteiger partial charge is 0.275 e. The van der Waals surface area contributed by atoms with Crippen LogP contribution in [0.5, 0.6) is 17.2 Å². The van der Waals surface area contributed by atoms with Crippen LogP contribution in [0.1, 0.15) is 43.6 Å². The molecule has 0 aliphatic rings. The minimum absolute atomic E-state index is 0.0121. The van der Waals surface area contributed by atoms with Gasteiger partial charge in [-0.15, -0.1) is 0 Å². The fourth-order valence-electron chi connectivity index (χ4n) is 2.40. The highest BCUT2D eigenvalue weighted by molar-refractivity contribution is 9.10. The second-order valence-electron chi connectivity index (χ2n) is 6.58. The molecule has 0 saturated heterocycles. The number of methoxy groups -OCH3 is 1. The number of hydrogen-bond donors (Lipinski definition) is 1. The molecule has 0 spiro atoms. The monoisotopic (exact) mass is 448 g/mol. The van der Waals surface area contributed by atoms with Gasteiger partial charge in [-0.2, -0.15) is 5.10 Å². The maximum Gasteiger partial charge on any atom is 0.275 e. The summed E-state index contributed by atoms with van der Waals surface area (Å²) in [5, 5.41) is 4.07. The molecule has 1 N–H and O–H groups in total. The zero-order valence-electron chi connectivity index (χ0n) is 16.7. The Morgan fingerprint density at radius 1 is 1.04 bits per heavy atom. The minimum atomic E-state index is -0.375. The van der Waals surface area contributed by atoms with Crippen molar-refractivity contribution in [2.24, 2.45) is 5.10 Å². The van der Waals surface area contributed by atoms with E-state index in [0.29, 0.717) is 22.8 Å². The first-order valence-electron chi connectivity index (χ1n) is 8.94. The third kappa shape index (κ3) is 6.27. The molecule has 0 fully saturated rings. The van der Waals surface area contributed by atoms with Crippen molar-refractivity contribution in [1.29, 1.82) is 0 Å². The number of rotatable bonds is 8. The predicted octanol–water partition coefficient (Wildman–Crippen LogP) is 4.80. The lowest BCUT2D eigenvalue weighted by atomic mass is 10.2. The first-order chi connectivity index (χ1) is 13.3. The van der Waals surface area contributed by atoms with E-state index in [1.165, 1.54) is 7.11 Å². The Morgan fingerprint density at radius 2 is 1.75 bits per heavy atom. The fraction of sp³-hybridized carbons (Fsp3) is 0.333. The van der Waals surface area contributed by atoms with Crippen LogP contribution in [0, 0.1) is 0 Å². The van der Waals surface area contributed by atoms with E-state index in [-0.39, 0.29) is 18.1 Å². The van der Waals surface area contributed by atoms with E-state index in [1.54, 1.807) is 24.4 Å². The Balaban J connectivity index is 2.18. The summed E-state index contributed by atoms with van der Waals surface area (Å²) >= 11 is 3.35. The molecular formula is C21H25BrN2O4. The van der Waals surface area contributed by atoms with Gasteiger partial charge in [0.25, 0.3) is 5.91 Å². The Morgan fingerprint density at radius 3 is 2.39 bits per heavy atom. The lowest BCUT2D eigenvalue weighted by Gasteiger charge is -2.15. The van der Waals surface area contributed by atoms with E-state index in [1.807, 2.05) is 45.9 Å². The summed E-state index contributed by atoms with van der Waals surface area (Å²) in [5.74, 6) is 1.44. The average Bonchev–Trinajstić information content (AvgIpc) is 2.62. The maximum absolute atomic E-state index is 12.4. The molecule has 0 aliphatic carbocycles. The largest absolute Gasteiger partial charge is 0.496 e. The van der Waals surface area contributed by atoms with Gasteiger partial charge in [0, 0.05) is 16.1 Å². The molecule has 0 bridgehead atoms. The number of benzene rings is 2. The molecule has 2 rings (SSSR count). The summed E-state index contributed by atoms with van der Waals surface area (Å²) in [6.07, 6.45) is 1.59. The van der Waals surface area contributed by atoms with Crippen molar-refractivity contribution in [2.75, 3.05) is 7.11 Å². The highest BCUT2D eigenvalue weighted by Gasteiger charge is 2.12. The van der Waals surface area contributed by atoms with Gasteiger partial charge in [-0.3, -0.25) is 4.79 Å². The molecule has 7 heteroatoms. The van der Waals surface area contributed by atoms with Gasteiger partial charge in [0.05, 0.1) is 31.1 Å². The highest BCUT2D eigenvalue weighted by atomic mass is 79.9. The van der Waals surface area contributed by atoms with Gasteiger partial charge in [-0.05, 0) is 58.0 Å². The van der Waals surface area contributed by atoms with E-state index in [4.69, 9.17) is 14.2 Å². The number of amides is 1. The molecule has 2 aromatic carbocycles. The molecule has 28 heavy (non-hydrogen) atoms. The third-order valence-electron chi connectivity index (χ3n) is 3.50. The van der Waals surface area contributed by atoms with Crippen LogP contribution in [-0.4, -0.2) is 31.4 Å². The average molecular weight is 449 g/mol. The lowest BCUT2D eigenvalue weighted by molar-refractivity contribution is 0.0952. The number of nitrogens with zero attached hydrogens (tertiary/aromatic N) is 1. The van der Waals surface area contributed by atoms with Gasteiger partial charge in [-0.1, -0.05) is 15.9 Å². The molecule has 0 aliphatic heterocycles. The van der Waals surface area contributed by atoms with Crippen molar-refractivity contribution in [3.63, 3.8) is 0 Å². The van der Waals surface area contributed by atoms with Crippen molar-refractivity contribution in [1.82, 2.24) is 5.43 Å². The number of carbonyl (C=O) groups excluding carboxylic acids is 1. The fourth-order valence-corrected chi connectivity index (χ4v) is 2.76. The van der Waals surface area contributed by atoms with Crippen molar-refractivity contribution >= 4 is 28.1 Å². The van der Waals surface area contributed by atoms with Crippen LogP contribution >= 0.6 is 15.9 Å². The zero-order chi connectivity index (χ0) is 20.7. The number of halogens is 1. The van der Waals surface area contributed by atoms with E-state index in [0.717, 1.165) is 10.0 Å². The SMILES string of the molecule is COc1ccc(Br)cc1C(=O)N/N=C\c1ccc(OC(C)C)cc1OC(C)C. The molecule has 6 nitrogen and oxygen atoms in total. The maximum atomic E-state index is 12.4. The van der Waals surface area contributed by atoms with Gasteiger partial charge >= 0.3 is 0 Å². The van der Waals surface area contributed by atoms with Crippen LogP contribution in [-0.2, 0) is 0 Å². The van der Waals surface area contributed by atoms with Crippen LogP contribution in [0.2, 0.25) is 0 Å². The first-order valence-corrected chi connectivity index (χ1v) is 9.73. The minimum Gasteiger partial charge on any atom is -0.496 e. The summed E-state index contributed by atoms with van der Waals surface area (Å²) in [4.78, 5) is 12.4. The topological polar surface area (TPSA) is 69.2 Å². The van der Waals surface area contributed by atoms with Crippen molar-refractivity contribution in [3.05, 3.63) is 52.0 Å². The molecule has 0 radical (unpaired) electrons. The third-order valence-corrected chi connectivity index (χ3v) is 3.99. The summed E-state index contributed by atoms with van der Waals surface area (Å²) in [6, 6.07) is 10.7. The van der Waals surface area contributed by atoms with Crippen molar-refractivity contribution < 1.29 is 19.0 Å². The van der Waals surface area contributed by atoms with Crippen LogP contribution < -0.4 is 19.6 Å². The lowest BCUT2D eigenvalue weighted by Crippen LogP contribution is -2.18. The van der Waals surface area contributed by atoms with Gasteiger partial charge in [-0.25, -0.2) is 5.43 Å². The van der Waals surface area contributed by atoms with Crippen LogP contribution in [0.15, 0.2) is 46.0 Å². The van der Waals surface area contributed by atoms with Gasteiger partial charge in [0.15, 0.2) is 0 Å². The summed E-state index contributed by atoms with van der Waals surface area (Å²) in [6.45, 7) is 7.81. The number of nitrogens with one attached hydrogen (secondary N) is 1. The van der Waals surface area contributed by atoms with E-state index in [9.17, 15) is 4.79 Å². The molecule has 150 valence electrons. The number of hydrazone groups is 1. The van der Waals surface area contributed by atoms with Gasteiger partial charge in [0.2, 0.25) is 0 Å². The number of ether oxygens (including phenoxy) is 3. The number of hydrogen-bond acceptors (Lipinski definition) is 5. The number of carbonyl (C=O) groups is 1. The first kappa shape index (κ1) is 21.8. The van der Waals surface area contributed by atoms with E-state index >= 15 is 0 Å². The second-order valence-corrected chi connectivity index (χ2v) is 7.49. The molecule has 0 aromatic heterocycles. The normalized spacial score (nSPS) is 11.1. The molecule has 0 unspecified atom stereocenters. The Labute approximate surface area is 174 Å². The Hall–Kier alpha value is -2.54. The molecule has 0 saturated carbocycles. The van der Waals surface area contributed by atoms with E-state index in [2.05, 4.69) is 26.5 Å². The van der Waals surface area contributed by atoms with Crippen LogP contribution in [0.3, 0.4) is 0 Å². The van der Waals surface area contributed by atoms with Crippen LogP contribution in [0.4, 0.5) is 0 Å². The zero-order valence-corrected chi connectivity index (χ0v) is 18.2.